The monoisotopic (exact) mass is 195 g/mol. The van der Waals surface area contributed by atoms with Gasteiger partial charge in [0, 0.05) is 18.5 Å². The van der Waals surface area contributed by atoms with Gasteiger partial charge < -0.3 is 10.0 Å². The highest BCUT2D eigenvalue weighted by atomic mass is 32.2. The number of rotatable bonds is 1. The fraction of sp³-hybridized carbons (Fsp3) is 0.400. The molecule has 1 N–H and O–H groups in total. The van der Waals surface area contributed by atoms with Crippen LogP contribution in [0.5, 0.6) is 0 Å². The zero-order valence-electron chi connectivity index (χ0n) is 7.60. The lowest BCUT2D eigenvalue weighted by atomic mass is 10.2. The van der Waals surface area contributed by atoms with Gasteiger partial charge >= 0.3 is 0 Å². The molecule has 2 nitrogen and oxygen atoms in total. The van der Waals surface area contributed by atoms with Crippen molar-refractivity contribution in [3.8, 4) is 0 Å². The van der Waals surface area contributed by atoms with E-state index in [1.165, 1.54) is 10.6 Å². The summed E-state index contributed by atoms with van der Waals surface area (Å²) in [4.78, 5) is 3.47. The van der Waals surface area contributed by atoms with Crippen LogP contribution in [0.3, 0.4) is 0 Å². The quantitative estimate of drug-likeness (QED) is 0.736. The number of hydrogen-bond donors (Lipinski definition) is 1. The first-order valence-electron chi connectivity index (χ1n) is 4.39. The third-order valence-electron chi connectivity index (χ3n) is 2.25. The van der Waals surface area contributed by atoms with E-state index in [4.69, 9.17) is 5.11 Å². The molecule has 0 radical (unpaired) electrons. The molecule has 1 aliphatic rings. The fourth-order valence-corrected chi connectivity index (χ4v) is 2.82. The third-order valence-corrected chi connectivity index (χ3v) is 3.48. The van der Waals surface area contributed by atoms with Gasteiger partial charge in [0.1, 0.15) is 0 Å². The van der Waals surface area contributed by atoms with Crippen LogP contribution in [0.1, 0.15) is 0 Å². The summed E-state index contributed by atoms with van der Waals surface area (Å²) in [5, 5.41) is 9.41. The first kappa shape index (κ1) is 8.91. The van der Waals surface area contributed by atoms with Crippen molar-refractivity contribution < 1.29 is 5.11 Å². The summed E-state index contributed by atoms with van der Waals surface area (Å²) in [7, 11) is 2.07. The van der Waals surface area contributed by atoms with E-state index in [-0.39, 0.29) is 6.61 Å². The van der Waals surface area contributed by atoms with Crippen LogP contribution < -0.4 is 4.90 Å². The van der Waals surface area contributed by atoms with Crippen LogP contribution >= 0.6 is 11.8 Å². The Bertz CT molecular complexity index is 303. The van der Waals surface area contributed by atoms with Gasteiger partial charge in [-0.2, -0.15) is 0 Å². The second kappa shape index (κ2) is 3.60. The molecule has 0 aliphatic carbocycles. The Kier molecular flexibility index (Phi) is 2.47. The van der Waals surface area contributed by atoms with Gasteiger partial charge in [0.25, 0.3) is 0 Å². The average Bonchev–Trinajstić information content (AvgIpc) is 2.18. The molecule has 0 saturated carbocycles. The van der Waals surface area contributed by atoms with Crippen LogP contribution in [-0.4, -0.2) is 30.6 Å². The van der Waals surface area contributed by atoms with Crippen LogP contribution in [0.2, 0.25) is 0 Å². The Morgan fingerprint density at radius 3 is 3.08 bits per heavy atom. The van der Waals surface area contributed by atoms with Crippen molar-refractivity contribution in [1.82, 2.24) is 0 Å². The maximum Gasteiger partial charge on any atom is 0.0570 e. The smallest absolute Gasteiger partial charge is 0.0570 e. The van der Waals surface area contributed by atoms with Crippen molar-refractivity contribution in [2.75, 3.05) is 25.1 Å². The Morgan fingerprint density at radius 2 is 2.31 bits per heavy atom. The van der Waals surface area contributed by atoms with Crippen molar-refractivity contribution in [2.45, 2.75) is 10.1 Å². The fourth-order valence-electron chi connectivity index (χ4n) is 1.59. The zero-order chi connectivity index (χ0) is 9.26. The lowest BCUT2D eigenvalue weighted by Crippen LogP contribution is -2.33. The highest BCUT2D eigenvalue weighted by Crippen LogP contribution is 2.36. The van der Waals surface area contributed by atoms with E-state index in [1.807, 2.05) is 6.07 Å². The van der Waals surface area contributed by atoms with Crippen LogP contribution in [-0.2, 0) is 0 Å². The molecule has 1 atom stereocenters. The van der Waals surface area contributed by atoms with Crippen LogP contribution in [0.4, 0.5) is 5.69 Å². The normalized spacial score (nSPS) is 21.4. The molecule has 1 aromatic rings. The van der Waals surface area contributed by atoms with Crippen molar-refractivity contribution in [3.05, 3.63) is 24.3 Å². The molecule has 70 valence electrons. The summed E-state index contributed by atoms with van der Waals surface area (Å²) in [6, 6.07) is 8.32. The second-order valence-corrected chi connectivity index (χ2v) is 4.61. The number of aliphatic hydroxyl groups is 1. The van der Waals surface area contributed by atoms with E-state index in [9.17, 15) is 0 Å². The summed E-state index contributed by atoms with van der Waals surface area (Å²) in [5.74, 6) is 0. The van der Waals surface area contributed by atoms with E-state index < -0.39 is 0 Å². The molecule has 0 fully saturated rings. The Morgan fingerprint density at radius 1 is 1.54 bits per heavy atom. The minimum Gasteiger partial charge on any atom is -0.395 e. The molecular formula is C10H13NOS. The Labute approximate surface area is 82.6 Å². The SMILES string of the molecule is CN1CC(CO)Sc2ccccc21. The number of benzene rings is 1. The Balaban J connectivity index is 2.31. The van der Waals surface area contributed by atoms with Gasteiger partial charge in [-0.25, -0.2) is 0 Å². The zero-order valence-corrected chi connectivity index (χ0v) is 8.42. The molecule has 1 heterocycles. The number of hydrogen-bond acceptors (Lipinski definition) is 3. The van der Waals surface area contributed by atoms with Gasteiger partial charge in [0.2, 0.25) is 0 Å². The van der Waals surface area contributed by atoms with Gasteiger partial charge in [-0.15, -0.1) is 11.8 Å². The predicted octanol–water partition coefficient (Wildman–Crippen LogP) is 1.59. The van der Waals surface area contributed by atoms with E-state index >= 15 is 0 Å². The van der Waals surface area contributed by atoms with Gasteiger partial charge in [0.15, 0.2) is 0 Å². The van der Waals surface area contributed by atoms with Crippen molar-refractivity contribution in [3.63, 3.8) is 0 Å². The van der Waals surface area contributed by atoms with E-state index in [2.05, 4.69) is 30.1 Å². The topological polar surface area (TPSA) is 23.5 Å². The molecular weight excluding hydrogens is 182 g/mol. The molecule has 1 aliphatic heterocycles. The average molecular weight is 195 g/mol. The maximum atomic E-state index is 9.09. The molecule has 0 aromatic heterocycles. The molecule has 2 rings (SSSR count). The number of thioether (sulfide) groups is 1. The highest BCUT2D eigenvalue weighted by molar-refractivity contribution is 8.00. The molecule has 13 heavy (non-hydrogen) atoms. The summed E-state index contributed by atoms with van der Waals surface area (Å²) in [6.45, 7) is 1.18. The summed E-state index contributed by atoms with van der Waals surface area (Å²) in [6.07, 6.45) is 0. The largest absolute Gasteiger partial charge is 0.395 e. The van der Waals surface area contributed by atoms with E-state index in [0.29, 0.717) is 5.25 Å². The maximum absolute atomic E-state index is 9.09. The molecule has 3 heteroatoms. The van der Waals surface area contributed by atoms with E-state index in [1.54, 1.807) is 11.8 Å². The molecule has 1 unspecified atom stereocenters. The molecule has 0 bridgehead atoms. The second-order valence-electron chi connectivity index (χ2n) is 3.27. The molecule has 0 amide bonds. The van der Waals surface area contributed by atoms with E-state index in [0.717, 1.165) is 6.54 Å². The Hall–Kier alpha value is -0.670. The predicted molar refractivity (Wildman–Crippen MR) is 56.4 cm³/mol. The van der Waals surface area contributed by atoms with Crippen LogP contribution in [0.25, 0.3) is 0 Å². The standard InChI is InChI=1S/C10H13NOS/c1-11-6-8(7-12)13-10-5-3-2-4-9(10)11/h2-5,8,12H,6-7H2,1H3. The van der Waals surface area contributed by atoms with Gasteiger partial charge in [-0.3, -0.25) is 0 Å². The van der Waals surface area contributed by atoms with Gasteiger partial charge in [0.05, 0.1) is 17.5 Å². The number of fused-ring (bicyclic) bond motifs is 1. The van der Waals surface area contributed by atoms with Crippen LogP contribution in [0, 0.1) is 0 Å². The summed E-state index contributed by atoms with van der Waals surface area (Å²) in [5.41, 5.74) is 1.28. The minimum absolute atomic E-state index is 0.253. The minimum atomic E-state index is 0.253. The van der Waals surface area contributed by atoms with Crippen LogP contribution in [0.15, 0.2) is 29.2 Å². The molecule has 1 aromatic carbocycles. The van der Waals surface area contributed by atoms with Gasteiger partial charge in [-0.1, -0.05) is 12.1 Å². The van der Waals surface area contributed by atoms with Crippen molar-refractivity contribution in [2.24, 2.45) is 0 Å². The first-order valence-corrected chi connectivity index (χ1v) is 5.27. The first-order chi connectivity index (χ1) is 6.31. The highest BCUT2D eigenvalue weighted by Gasteiger charge is 2.21. The number of para-hydroxylation sites is 1. The number of aliphatic hydroxyl groups excluding tert-OH is 1. The number of anilines is 1. The third kappa shape index (κ3) is 1.67. The lowest BCUT2D eigenvalue weighted by molar-refractivity contribution is 0.295. The van der Waals surface area contributed by atoms with Crippen molar-refractivity contribution in [1.29, 1.82) is 0 Å². The molecule has 0 spiro atoms. The molecule has 0 saturated heterocycles. The number of nitrogens with zero attached hydrogens (tertiary/aromatic N) is 1. The summed E-state index contributed by atoms with van der Waals surface area (Å²) >= 11 is 1.77. The van der Waals surface area contributed by atoms with Crippen molar-refractivity contribution >= 4 is 17.4 Å². The lowest BCUT2D eigenvalue weighted by Gasteiger charge is -2.31. The van der Waals surface area contributed by atoms with Gasteiger partial charge in [-0.05, 0) is 12.1 Å². The summed E-state index contributed by atoms with van der Waals surface area (Å²) < 4.78 is 0.